The van der Waals surface area contributed by atoms with E-state index in [1.54, 1.807) is 12.1 Å². The number of aromatic nitrogens is 2. The second-order valence-electron chi connectivity index (χ2n) is 4.18. The van der Waals surface area contributed by atoms with Gasteiger partial charge in [0, 0.05) is 12.6 Å². The minimum atomic E-state index is -0.556. The first-order valence-electron chi connectivity index (χ1n) is 5.86. The van der Waals surface area contributed by atoms with Crippen molar-refractivity contribution in [2.24, 2.45) is 5.73 Å². The molecule has 0 radical (unpaired) electrons. The van der Waals surface area contributed by atoms with Gasteiger partial charge in [-0.2, -0.15) is 0 Å². The number of hydrogen-bond acceptors (Lipinski definition) is 5. The molecule has 4 N–H and O–H groups in total. The molecule has 6 nitrogen and oxygen atoms in total. The fourth-order valence-electron chi connectivity index (χ4n) is 1.94. The molecule has 1 aromatic rings. The summed E-state index contributed by atoms with van der Waals surface area (Å²) in [6, 6.07) is 3.90. The molecular weight excluding hydrogens is 218 g/mol. The average Bonchev–Trinajstić information content (AvgIpc) is 2.83. The van der Waals surface area contributed by atoms with E-state index in [2.05, 4.69) is 20.8 Å². The molecule has 0 aliphatic carbocycles. The summed E-state index contributed by atoms with van der Waals surface area (Å²) in [5.41, 5.74) is 5.26. The fourth-order valence-corrected chi connectivity index (χ4v) is 1.94. The minimum absolute atomic E-state index is 0.188. The summed E-state index contributed by atoms with van der Waals surface area (Å²) < 4.78 is 0. The topological polar surface area (TPSA) is 92.9 Å². The lowest BCUT2D eigenvalue weighted by Gasteiger charge is -2.10. The summed E-state index contributed by atoms with van der Waals surface area (Å²) >= 11 is 0. The lowest BCUT2D eigenvalue weighted by molar-refractivity contribution is 0.0994. The van der Waals surface area contributed by atoms with Crippen molar-refractivity contribution < 1.29 is 4.79 Å². The second-order valence-corrected chi connectivity index (χ2v) is 4.18. The number of carbonyl (C=O) groups excluding carboxylic acids is 1. The molecule has 0 spiro atoms. The maximum absolute atomic E-state index is 10.8. The molecule has 1 aliphatic heterocycles. The van der Waals surface area contributed by atoms with E-state index < -0.39 is 5.91 Å². The molecule has 2 heterocycles. The summed E-state index contributed by atoms with van der Waals surface area (Å²) in [4.78, 5) is 10.8. The molecule has 2 rings (SSSR count). The first kappa shape index (κ1) is 11.8. The van der Waals surface area contributed by atoms with Crippen molar-refractivity contribution in [3.8, 4) is 0 Å². The van der Waals surface area contributed by atoms with Crippen LogP contribution in [0, 0.1) is 0 Å². The Bertz CT molecular complexity index is 372. The van der Waals surface area contributed by atoms with Crippen LogP contribution in [0.4, 0.5) is 5.82 Å². The number of primary amides is 1. The predicted molar refractivity (Wildman–Crippen MR) is 64.7 cm³/mol. The summed E-state index contributed by atoms with van der Waals surface area (Å²) in [6.45, 7) is 1.97. The maximum atomic E-state index is 10.8. The molecule has 1 amide bonds. The van der Waals surface area contributed by atoms with Crippen molar-refractivity contribution in [1.29, 1.82) is 0 Å². The number of carbonyl (C=O) groups is 1. The highest BCUT2D eigenvalue weighted by Crippen LogP contribution is 2.09. The number of hydrogen-bond donors (Lipinski definition) is 3. The van der Waals surface area contributed by atoms with Gasteiger partial charge < -0.3 is 16.4 Å². The van der Waals surface area contributed by atoms with E-state index in [-0.39, 0.29) is 5.69 Å². The lowest BCUT2D eigenvalue weighted by atomic mass is 10.1. The standard InChI is InChI=1S/C11H17N5O/c12-11(17)9-3-4-10(16-15-9)14-7-5-8-2-1-6-13-8/h3-4,8,13H,1-2,5-7H2,(H2,12,17)(H,14,16)/t8-/m0/s1. The quantitative estimate of drug-likeness (QED) is 0.674. The molecule has 17 heavy (non-hydrogen) atoms. The number of rotatable bonds is 5. The predicted octanol–water partition coefficient (Wildman–Crippen LogP) is 0.129. The third-order valence-electron chi connectivity index (χ3n) is 2.88. The molecule has 1 aromatic heterocycles. The number of nitrogens with two attached hydrogens (primary N) is 1. The molecule has 0 saturated carbocycles. The van der Waals surface area contributed by atoms with Crippen LogP contribution in [0.5, 0.6) is 0 Å². The Morgan fingerprint density at radius 3 is 3.00 bits per heavy atom. The molecule has 0 aromatic carbocycles. The Labute approximate surface area is 100.0 Å². The summed E-state index contributed by atoms with van der Waals surface area (Å²) in [7, 11) is 0. The largest absolute Gasteiger partial charge is 0.369 e. The van der Waals surface area contributed by atoms with Crippen LogP contribution < -0.4 is 16.4 Å². The van der Waals surface area contributed by atoms with Gasteiger partial charge in [0.05, 0.1) is 0 Å². The molecule has 1 saturated heterocycles. The van der Waals surface area contributed by atoms with Gasteiger partial charge in [0.15, 0.2) is 5.69 Å². The van der Waals surface area contributed by atoms with E-state index in [0.717, 1.165) is 19.5 Å². The minimum Gasteiger partial charge on any atom is -0.369 e. The van der Waals surface area contributed by atoms with Crippen molar-refractivity contribution >= 4 is 11.7 Å². The van der Waals surface area contributed by atoms with Crippen LogP contribution in [0.2, 0.25) is 0 Å². The summed E-state index contributed by atoms with van der Waals surface area (Å²) in [5.74, 6) is 0.118. The zero-order valence-corrected chi connectivity index (χ0v) is 9.65. The van der Waals surface area contributed by atoms with Crippen LogP contribution in [0.3, 0.4) is 0 Å². The van der Waals surface area contributed by atoms with Gasteiger partial charge in [0.2, 0.25) is 0 Å². The molecule has 1 fully saturated rings. The maximum Gasteiger partial charge on any atom is 0.269 e. The van der Waals surface area contributed by atoms with Gasteiger partial charge in [-0.1, -0.05) is 0 Å². The lowest BCUT2D eigenvalue weighted by Crippen LogP contribution is -2.24. The summed E-state index contributed by atoms with van der Waals surface area (Å²) in [5, 5.41) is 14.2. The molecule has 1 atom stereocenters. The Balaban J connectivity index is 1.76. The van der Waals surface area contributed by atoms with Gasteiger partial charge in [0.1, 0.15) is 5.82 Å². The fraction of sp³-hybridized carbons (Fsp3) is 0.545. The molecule has 0 bridgehead atoms. The van der Waals surface area contributed by atoms with Crippen LogP contribution in [-0.4, -0.2) is 35.2 Å². The summed E-state index contributed by atoms with van der Waals surface area (Å²) in [6.07, 6.45) is 3.57. The van der Waals surface area contributed by atoms with Crippen LogP contribution >= 0.6 is 0 Å². The van der Waals surface area contributed by atoms with E-state index in [1.807, 2.05) is 0 Å². The highest BCUT2D eigenvalue weighted by Gasteiger charge is 2.13. The Morgan fingerprint density at radius 2 is 2.41 bits per heavy atom. The van der Waals surface area contributed by atoms with Gasteiger partial charge in [-0.15, -0.1) is 10.2 Å². The molecular formula is C11H17N5O. The van der Waals surface area contributed by atoms with E-state index >= 15 is 0 Å². The number of nitrogens with zero attached hydrogens (tertiary/aromatic N) is 2. The van der Waals surface area contributed by atoms with Crippen LogP contribution in [0.1, 0.15) is 29.8 Å². The zero-order valence-electron chi connectivity index (χ0n) is 9.65. The van der Waals surface area contributed by atoms with E-state index in [4.69, 9.17) is 5.73 Å². The van der Waals surface area contributed by atoms with Gasteiger partial charge in [-0.25, -0.2) is 0 Å². The van der Waals surface area contributed by atoms with Crippen molar-refractivity contribution in [2.75, 3.05) is 18.4 Å². The van der Waals surface area contributed by atoms with Crippen molar-refractivity contribution in [1.82, 2.24) is 15.5 Å². The monoisotopic (exact) mass is 235 g/mol. The van der Waals surface area contributed by atoms with E-state index in [9.17, 15) is 4.79 Å². The Hall–Kier alpha value is -1.69. The zero-order chi connectivity index (χ0) is 12.1. The number of nitrogens with one attached hydrogen (secondary N) is 2. The van der Waals surface area contributed by atoms with E-state index in [0.29, 0.717) is 11.9 Å². The van der Waals surface area contributed by atoms with Gasteiger partial charge in [-0.05, 0) is 37.9 Å². The van der Waals surface area contributed by atoms with Crippen molar-refractivity contribution in [2.45, 2.75) is 25.3 Å². The number of anilines is 1. The van der Waals surface area contributed by atoms with Crippen LogP contribution in [-0.2, 0) is 0 Å². The smallest absolute Gasteiger partial charge is 0.269 e. The molecule has 1 aliphatic rings. The van der Waals surface area contributed by atoms with Crippen LogP contribution in [0.15, 0.2) is 12.1 Å². The first-order chi connectivity index (χ1) is 8.25. The first-order valence-corrected chi connectivity index (χ1v) is 5.86. The normalized spacial score (nSPS) is 19.2. The average molecular weight is 235 g/mol. The van der Waals surface area contributed by atoms with Crippen molar-refractivity contribution in [3.05, 3.63) is 17.8 Å². The molecule has 6 heteroatoms. The highest BCUT2D eigenvalue weighted by atomic mass is 16.1. The van der Waals surface area contributed by atoms with E-state index in [1.165, 1.54) is 12.8 Å². The van der Waals surface area contributed by atoms with Crippen molar-refractivity contribution in [3.63, 3.8) is 0 Å². The Morgan fingerprint density at radius 1 is 1.53 bits per heavy atom. The SMILES string of the molecule is NC(=O)c1ccc(NCC[C@@H]2CCCN2)nn1. The highest BCUT2D eigenvalue weighted by molar-refractivity contribution is 5.90. The number of amides is 1. The third kappa shape index (κ3) is 3.39. The second kappa shape index (κ2) is 5.58. The van der Waals surface area contributed by atoms with Crippen LogP contribution in [0.25, 0.3) is 0 Å². The van der Waals surface area contributed by atoms with Gasteiger partial charge in [-0.3, -0.25) is 4.79 Å². The molecule has 92 valence electrons. The van der Waals surface area contributed by atoms with Gasteiger partial charge >= 0.3 is 0 Å². The Kier molecular flexibility index (Phi) is 3.87. The van der Waals surface area contributed by atoms with Gasteiger partial charge in [0.25, 0.3) is 5.91 Å². The molecule has 0 unspecified atom stereocenters. The third-order valence-corrected chi connectivity index (χ3v) is 2.88.